The Bertz CT molecular complexity index is 273. The molecule has 1 aliphatic heterocycles. The second kappa shape index (κ2) is 4.92. The number of esters is 1. The van der Waals surface area contributed by atoms with Crippen molar-refractivity contribution in [1.29, 1.82) is 0 Å². The predicted molar refractivity (Wildman–Crippen MR) is 59.3 cm³/mol. The maximum atomic E-state index is 11.4. The first-order valence-corrected chi connectivity index (χ1v) is 6.23. The van der Waals surface area contributed by atoms with E-state index >= 15 is 0 Å². The molecular weight excluding hydrogens is 225 g/mol. The van der Waals surface area contributed by atoms with Crippen LogP contribution in [0.5, 0.6) is 0 Å². The highest BCUT2D eigenvalue weighted by molar-refractivity contribution is 5.70. The molecule has 1 saturated heterocycles. The Morgan fingerprint density at radius 3 is 2.35 bits per heavy atom. The zero-order valence-corrected chi connectivity index (χ0v) is 10.2. The minimum Gasteiger partial charge on any atom is -0.466 e. The Hall–Kier alpha value is -0.650. The number of carbonyl (C=O) groups excluding carboxylic acids is 1. The molecule has 5 nitrogen and oxygen atoms in total. The Morgan fingerprint density at radius 2 is 1.82 bits per heavy atom. The fourth-order valence-corrected chi connectivity index (χ4v) is 2.54. The van der Waals surface area contributed by atoms with Crippen molar-refractivity contribution in [3.63, 3.8) is 0 Å². The average molecular weight is 245 g/mol. The van der Waals surface area contributed by atoms with E-state index in [1.165, 1.54) is 0 Å². The molecule has 98 valence electrons. The molecule has 1 N–H and O–H groups in total. The van der Waals surface area contributed by atoms with Crippen LogP contribution in [0.25, 0.3) is 0 Å². The highest BCUT2D eigenvalue weighted by atomic mass is 16.7. The molecule has 2 fully saturated rings. The minimum absolute atomic E-state index is 0.0664. The fourth-order valence-electron chi connectivity index (χ4n) is 2.54. The van der Waals surface area contributed by atoms with Gasteiger partial charge in [0.2, 0.25) is 0 Å². The van der Waals surface area contributed by atoms with Gasteiger partial charge in [0.25, 0.3) is 0 Å². The normalized spacial score (nSPS) is 26.0. The van der Waals surface area contributed by atoms with Gasteiger partial charge in [0.15, 0.2) is 5.79 Å². The van der Waals surface area contributed by atoms with Gasteiger partial charge in [-0.3, -0.25) is 4.79 Å². The van der Waals surface area contributed by atoms with E-state index in [-0.39, 0.29) is 12.4 Å². The van der Waals surface area contributed by atoms with Gasteiger partial charge >= 0.3 is 5.97 Å². The van der Waals surface area contributed by atoms with Crippen molar-refractivity contribution in [3.8, 4) is 0 Å². The van der Waals surface area contributed by atoms with E-state index in [2.05, 4.69) is 0 Å². The lowest BCUT2D eigenvalue weighted by Crippen LogP contribution is -2.44. The lowest BCUT2D eigenvalue weighted by Gasteiger charge is -2.40. The summed E-state index contributed by atoms with van der Waals surface area (Å²) in [7, 11) is 0. The molecule has 0 unspecified atom stereocenters. The zero-order valence-electron chi connectivity index (χ0n) is 10.2. The third-order valence-corrected chi connectivity index (χ3v) is 3.53. The van der Waals surface area contributed by atoms with Crippen molar-refractivity contribution in [2.45, 2.75) is 50.4 Å². The van der Waals surface area contributed by atoms with Crippen molar-refractivity contribution in [2.24, 2.45) is 0 Å². The Balaban J connectivity index is 1.86. The van der Waals surface area contributed by atoms with Gasteiger partial charge in [0.05, 0.1) is 31.8 Å². The van der Waals surface area contributed by atoms with E-state index < -0.39 is 11.4 Å². The molecule has 0 aromatic rings. The van der Waals surface area contributed by atoms with Gasteiger partial charge in [-0.05, 0) is 19.8 Å². The molecule has 2 rings (SSSR count). The molecule has 0 bridgehead atoms. The van der Waals surface area contributed by atoms with Gasteiger partial charge in [-0.25, -0.2) is 0 Å². The molecular formula is C12H20O5. The van der Waals surface area contributed by atoms with Crippen LogP contribution in [0.2, 0.25) is 0 Å². The van der Waals surface area contributed by atoms with Gasteiger partial charge in [0, 0.05) is 12.8 Å². The molecule has 1 aliphatic carbocycles. The smallest absolute Gasteiger partial charge is 0.308 e. The standard InChI is InChI=1S/C12H20O5/c1-2-15-10(13)9-11(14)3-5-12(6-4-11)16-7-8-17-12/h14H,2-9H2,1H3/i9+1. The first kappa shape index (κ1) is 12.8. The number of hydrogen-bond acceptors (Lipinski definition) is 5. The van der Waals surface area contributed by atoms with Crippen LogP contribution in [-0.4, -0.2) is 42.3 Å². The van der Waals surface area contributed by atoms with Gasteiger partial charge in [-0.15, -0.1) is 0 Å². The van der Waals surface area contributed by atoms with E-state index in [0.717, 1.165) is 0 Å². The van der Waals surface area contributed by atoms with E-state index in [1.54, 1.807) is 6.92 Å². The predicted octanol–water partition coefficient (Wildman–Crippen LogP) is 0.988. The highest BCUT2D eigenvalue weighted by Crippen LogP contribution is 2.41. The van der Waals surface area contributed by atoms with Crippen LogP contribution in [-0.2, 0) is 19.0 Å². The first-order chi connectivity index (χ1) is 8.08. The van der Waals surface area contributed by atoms with E-state index in [0.29, 0.717) is 45.5 Å². The van der Waals surface area contributed by atoms with Crippen LogP contribution >= 0.6 is 0 Å². The summed E-state index contributed by atoms with van der Waals surface area (Å²) in [4.78, 5) is 11.4. The monoisotopic (exact) mass is 245 g/mol. The second-order valence-electron chi connectivity index (χ2n) is 4.81. The van der Waals surface area contributed by atoms with Crippen molar-refractivity contribution in [3.05, 3.63) is 0 Å². The number of ether oxygens (including phenoxy) is 3. The third kappa shape index (κ3) is 2.97. The van der Waals surface area contributed by atoms with E-state index in [9.17, 15) is 9.90 Å². The van der Waals surface area contributed by atoms with Crippen LogP contribution in [0.4, 0.5) is 0 Å². The summed E-state index contributed by atoms with van der Waals surface area (Å²) in [5.41, 5.74) is -0.952. The lowest BCUT2D eigenvalue weighted by atomic mass is 9.85. The lowest BCUT2D eigenvalue weighted by molar-refractivity contribution is -0.205. The Kier molecular flexibility index (Phi) is 3.70. The first-order valence-electron chi connectivity index (χ1n) is 6.23. The molecule has 0 amide bonds. The van der Waals surface area contributed by atoms with Crippen molar-refractivity contribution in [2.75, 3.05) is 19.8 Å². The summed E-state index contributed by atoms with van der Waals surface area (Å²) in [5, 5.41) is 10.3. The zero-order chi connectivity index (χ0) is 12.4. The highest BCUT2D eigenvalue weighted by Gasteiger charge is 2.46. The SMILES string of the molecule is CCOC(=O)[13CH2]C1(O)CCC2(CC1)OCCO2. The van der Waals surface area contributed by atoms with Crippen molar-refractivity contribution >= 4 is 5.97 Å². The molecule has 0 atom stereocenters. The average Bonchev–Trinajstić information content (AvgIpc) is 2.73. The van der Waals surface area contributed by atoms with Gasteiger partial charge in [-0.1, -0.05) is 0 Å². The van der Waals surface area contributed by atoms with Crippen LogP contribution < -0.4 is 0 Å². The van der Waals surface area contributed by atoms with Gasteiger partial charge in [-0.2, -0.15) is 0 Å². The van der Waals surface area contributed by atoms with Gasteiger partial charge < -0.3 is 19.3 Å². The topological polar surface area (TPSA) is 65.0 Å². The van der Waals surface area contributed by atoms with Gasteiger partial charge in [0.1, 0.15) is 0 Å². The van der Waals surface area contributed by atoms with Crippen molar-refractivity contribution < 1.29 is 24.1 Å². The summed E-state index contributed by atoms with van der Waals surface area (Å²) in [5.74, 6) is -0.833. The molecule has 0 radical (unpaired) electrons. The van der Waals surface area contributed by atoms with Crippen LogP contribution in [0.3, 0.4) is 0 Å². The fraction of sp³-hybridized carbons (Fsp3) is 0.917. The maximum absolute atomic E-state index is 11.4. The summed E-state index contributed by atoms with van der Waals surface area (Å²) >= 11 is 0. The molecule has 2 aliphatic rings. The minimum atomic E-state index is -0.952. The molecule has 0 aromatic heterocycles. The number of carbonyl (C=O) groups is 1. The quantitative estimate of drug-likeness (QED) is 0.593. The Labute approximate surface area is 101 Å². The summed E-state index contributed by atoms with van der Waals surface area (Å²) in [6.07, 6.45) is 2.39. The summed E-state index contributed by atoms with van der Waals surface area (Å²) < 4.78 is 16.0. The molecule has 0 aromatic carbocycles. The summed E-state index contributed by atoms with van der Waals surface area (Å²) in [6.45, 7) is 3.36. The summed E-state index contributed by atoms with van der Waals surface area (Å²) in [6, 6.07) is 0. The third-order valence-electron chi connectivity index (χ3n) is 3.53. The van der Waals surface area contributed by atoms with Crippen LogP contribution in [0, 0.1) is 0 Å². The second-order valence-corrected chi connectivity index (χ2v) is 4.81. The number of aliphatic hydroxyl groups is 1. The van der Waals surface area contributed by atoms with E-state index in [1.807, 2.05) is 0 Å². The van der Waals surface area contributed by atoms with Crippen molar-refractivity contribution in [1.82, 2.24) is 0 Å². The molecule has 1 spiro atoms. The number of hydrogen-bond donors (Lipinski definition) is 1. The molecule has 1 saturated carbocycles. The molecule has 1 heterocycles. The molecule has 17 heavy (non-hydrogen) atoms. The number of rotatable bonds is 3. The van der Waals surface area contributed by atoms with Crippen LogP contribution in [0.1, 0.15) is 39.0 Å². The maximum Gasteiger partial charge on any atom is 0.308 e. The Morgan fingerprint density at radius 1 is 1.24 bits per heavy atom. The largest absolute Gasteiger partial charge is 0.466 e. The van der Waals surface area contributed by atoms with E-state index in [4.69, 9.17) is 14.2 Å². The van der Waals surface area contributed by atoms with Crippen LogP contribution in [0.15, 0.2) is 0 Å². The molecule has 5 heteroatoms.